The minimum absolute atomic E-state index is 0.0391. The summed E-state index contributed by atoms with van der Waals surface area (Å²) in [6, 6.07) is 9.74. The van der Waals surface area contributed by atoms with Crippen molar-refractivity contribution in [2.45, 2.75) is 58.8 Å². The van der Waals surface area contributed by atoms with Gasteiger partial charge in [0.25, 0.3) is 5.91 Å². The molecule has 1 saturated heterocycles. The number of anilines is 3. The summed E-state index contributed by atoms with van der Waals surface area (Å²) in [5, 5.41) is 3.35. The molecule has 0 aliphatic carbocycles. The van der Waals surface area contributed by atoms with E-state index in [0.29, 0.717) is 24.1 Å². The molecule has 4 heterocycles. The molecule has 5 rings (SSSR count). The van der Waals surface area contributed by atoms with E-state index in [0.717, 1.165) is 54.7 Å². The van der Waals surface area contributed by atoms with Crippen molar-refractivity contribution in [3.8, 4) is 0 Å². The molecule has 1 aromatic carbocycles. The Morgan fingerprint density at radius 3 is 2.66 bits per heavy atom. The molecule has 0 unspecified atom stereocenters. The number of pyridine rings is 1. The number of carbonyl (C=O) groups excluding carboxylic acids is 1. The van der Waals surface area contributed by atoms with Gasteiger partial charge in [0.15, 0.2) is 0 Å². The van der Waals surface area contributed by atoms with E-state index in [1.165, 1.54) is 17.8 Å². The van der Waals surface area contributed by atoms with Gasteiger partial charge in [-0.3, -0.25) is 14.4 Å². The lowest BCUT2D eigenvalue weighted by molar-refractivity contribution is 0.0460. The number of hydrogen-bond donors (Lipinski definition) is 2. The zero-order valence-corrected chi connectivity index (χ0v) is 22.9. The van der Waals surface area contributed by atoms with E-state index in [2.05, 4.69) is 63.9 Å². The van der Waals surface area contributed by atoms with Gasteiger partial charge >= 0.3 is 0 Å². The lowest BCUT2D eigenvalue weighted by Gasteiger charge is -2.41. The highest BCUT2D eigenvalue weighted by molar-refractivity contribution is 7.92. The molecular weight excluding hydrogens is 502 g/mol. The topological polar surface area (TPSA) is 120 Å². The van der Waals surface area contributed by atoms with Crippen LogP contribution in [0.3, 0.4) is 0 Å². The average Bonchev–Trinajstić information content (AvgIpc) is 3.28. The van der Waals surface area contributed by atoms with Crippen LogP contribution >= 0.6 is 0 Å². The summed E-state index contributed by atoms with van der Waals surface area (Å²) in [6.07, 6.45) is 6.12. The molecule has 2 aromatic heterocycles. The molecule has 2 atom stereocenters. The first kappa shape index (κ1) is 26.1. The van der Waals surface area contributed by atoms with E-state index in [4.69, 9.17) is 4.98 Å². The maximum Gasteiger partial charge on any atom is 0.254 e. The summed E-state index contributed by atoms with van der Waals surface area (Å²) in [5.74, 6) is 0.629. The Balaban J connectivity index is 1.21. The van der Waals surface area contributed by atoms with Gasteiger partial charge < -0.3 is 10.2 Å². The fraction of sp³-hybridized carbons (Fsp3) is 0.407. The molecule has 38 heavy (non-hydrogen) atoms. The number of nitrogens with zero attached hydrogens (tertiary/aromatic N) is 5. The van der Waals surface area contributed by atoms with Crippen LogP contribution in [0.4, 0.5) is 17.5 Å². The van der Waals surface area contributed by atoms with Gasteiger partial charge in [-0.1, -0.05) is 17.7 Å². The molecule has 11 heteroatoms. The van der Waals surface area contributed by atoms with Crippen molar-refractivity contribution >= 4 is 33.4 Å². The molecule has 0 saturated carbocycles. The molecule has 2 aliphatic heterocycles. The summed E-state index contributed by atoms with van der Waals surface area (Å²) >= 11 is 0. The number of aryl methyl sites for hydroxylation is 2. The number of amides is 1. The Morgan fingerprint density at radius 2 is 1.92 bits per heavy atom. The van der Waals surface area contributed by atoms with Gasteiger partial charge in [0.05, 0.1) is 11.9 Å². The van der Waals surface area contributed by atoms with E-state index in [9.17, 15) is 13.2 Å². The van der Waals surface area contributed by atoms with Gasteiger partial charge in [-0.2, -0.15) is 0 Å². The number of piperidine rings is 1. The quantitative estimate of drug-likeness (QED) is 0.491. The van der Waals surface area contributed by atoms with Crippen LogP contribution < -0.4 is 10.0 Å². The Bertz CT molecular complexity index is 1480. The van der Waals surface area contributed by atoms with Crippen LogP contribution in [0.15, 0.2) is 42.7 Å². The van der Waals surface area contributed by atoms with Crippen LogP contribution in [0.5, 0.6) is 0 Å². The summed E-state index contributed by atoms with van der Waals surface area (Å²) in [4.78, 5) is 30.9. The van der Waals surface area contributed by atoms with Gasteiger partial charge in [0.2, 0.25) is 16.0 Å². The maximum absolute atomic E-state index is 13.2. The molecule has 2 aliphatic rings. The van der Waals surface area contributed by atoms with Crippen LogP contribution in [0.2, 0.25) is 0 Å². The Kier molecular flexibility index (Phi) is 7.06. The van der Waals surface area contributed by atoms with E-state index in [1.54, 1.807) is 6.07 Å². The molecule has 0 spiro atoms. The van der Waals surface area contributed by atoms with Crippen molar-refractivity contribution in [2.75, 3.05) is 22.8 Å². The van der Waals surface area contributed by atoms with Gasteiger partial charge in [-0.25, -0.2) is 23.4 Å². The largest absolute Gasteiger partial charge is 0.336 e. The number of sulfonamides is 1. The highest BCUT2D eigenvalue weighted by Gasteiger charge is 2.35. The van der Waals surface area contributed by atoms with E-state index < -0.39 is 10.0 Å². The summed E-state index contributed by atoms with van der Waals surface area (Å²) in [6.45, 7) is 8.40. The van der Waals surface area contributed by atoms with E-state index >= 15 is 0 Å². The molecule has 200 valence electrons. The van der Waals surface area contributed by atoms with Gasteiger partial charge in [0.1, 0.15) is 5.82 Å². The summed E-state index contributed by atoms with van der Waals surface area (Å²) in [5.41, 5.74) is 5.98. The number of nitrogens with one attached hydrogen (secondary N) is 2. The standard InChI is InChI=1S/C27H33N7O3S/c1-17-5-6-23(18(2)11-17)30-27-29-14-21-15-33(16-24(21)31-27)22-8-10-34(19(3)12-22)26(35)20-7-9-28-25(13-20)32-38(4,36)37/h5-7,9,11,13-14,19,22H,8,10,12,15-16H2,1-4H3,(H,28,32)(H,29,30,31)/t19-,22+/m1/s1. The number of hydrogen-bond acceptors (Lipinski definition) is 8. The maximum atomic E-state index is 13.2. The summed E-state index contributed by atoms with van der Waals surface area (Å²) in [7, 11) is -3.47. The monoisotopic (exact) mass is 535 g/mol. The van der Waals surface area contributed by atoms with Crippen LogP contribution in [-0.2, 0) is 23.1 Å². The van der Waals surface area contributed by atoms with Crippen molar-refractivity contribution < 1.29 is 13.2 Å². The molecule has 1 amide bonds. The first-order valence-electron chi connectivity index (χ1n) is 12.7. The lowest BCUT2D eigenvalue weighted by atomic mass is 9.96. The van der Waals surface area contributed by atoms with Crippen LogP contribution in [0, 0.1) is 13.8 Å². The molecule has 2 N–H and O–H groups in total. The van der Waals surface area contributed by atoms with Crippen LogP contribution in [0.25, 0.3) is 0 Å². The minimum atomic E-state index is -3.47. The van der Waals surface area contributed by atoms with Crippen molar-refractivity contribution in [3.63, 3.8) is 0 Å². The average molecular weight is 536 g/mol. The number of likely N-dealkylation sites (tertiary alicyclic amines) is 1. The smallest absolute Gasteiger partial charge is 0.254 e. The number of rotatable bonds is 6. The minimum Gasteiger partial charge on any atom is -0.336 e. The number of benzene rings is 1. The zero-order valence-electron chi connectivity index (χ0n) is 22.1. The van der Waals surface area contributed by atoms with Crippen molar-refractivity contribution in [3.05, 3.63) is 70.7 Å². The number of aromatic nitrogens is 3. The second kappa shape index (κ2) is 10.3. The normalized spacial score (nSPS) is 19.7. The number of fused-ring (bicyclic) bond motifs is 1. The first-order valence-corrected chi connectivity index (χ1v) is 14.6. The van der Waals surface area contributed by atoms with Crippen LogP contribution in [0.1, 0.15) is 52.5 Å². The Morgan fingerprint density at radius 1 is 1.11 bits per heavy atom. The van der Waals surface area contributed by atoms with Gasteiger partial charge in [-0.15, -0.1) is 0 Å². The third-order valence-corrected chi connectivity index (χ3v) is 7.81. The van der Waals surface area contributed by atoms with Crippen molar-refractivity contribution in [1.82, 2.24) is 24.8 Å². The summed E-state index contributed by atoms with van der Waals surface area (Å²) < 4.78 is 25.4. The highest BCUT2D eigenvalue weighted by Crippen LogP contribution is 2.31. The molecule has 1 fully saturated rings. The second-order valence-corrected chi connectivity index (χ2v) is 12.1. The second-order valence-electron chi connectivity index (χ2n) is 10.3. The fourth-order valence-corrected chi connectivity index (χ4v) is 5.82. The Labute approximate surface area is 223 Å². The molecule has 0 radical (unpaired) electrons. The predicted molar refractivity (Wildman–Crippen MR) is 147 cm³/mol. The predicted octanol–water partition coefficient (Wildman–Crippen LogP) is 3.61. The van der Waals surface area contributed by atoms with E-state index in [-0.39, 0.29) is 17.8 Å². The highest BCUT2D eigenvalue weighted by atomic mass is 32.2. The van der Waals surface area contributed by atoms with Crippen molar-refractivity contribution in [2.24, 2.45) is 0 Å². The SMILES string of the molecule is Cc1ccc(Nc2ncc3c(n2)CN([C@H]2CCN(C(=O)c4ccnc(NS(C)(=O)=O)c4)[C@H](C)C2)C3)c(C)c1. The Hall–Kier alpha value is -3.57. The fourth-order valence-electron chi connectivity index (χ4n) is 5.33. The van der Waals surface area contributed by atoms with Gasteiger partial charge in [-0.05, 0) is 57.4 Å². The molecule has 3 aromatic rings. The number of carbonyl (C=O) groups is 1. The first-order chi connectivity index (χ1) is 18.1. The molecular formula is C27H33N7O3S. The molecule has 0 bridgehead atoms. The van der Waals surface area contributed by atoms with Crippen molar-refractivity contribution in [1.29, 1.82) is 0 Å². The van der Waals surface area contributed by atoms with Gasteiger partial charge in [0, 0.05) is 60.9 Å². The molecule has 10 nitrogen and oxygen atoms in total. The third-order valence-electron chi connectivity index (χ3n) is 7.23. The third kappa shape index (κ3) is 5.78. The van der Waals surface area contributed by atoms with E-state index in [1.807, 2.05) is 11.1 Å². The lowest BCUT2D eigenvalue weighted by Crippen LogP contribution is -2.50. The zero-order chi connectivity index (χ0) is 27.0. The van der Waals surface area contributed by atoms with Crippen LogP contribution in [-0.4, -0.2) is 64.0 Å².